The highest BCUT2D eigenvalue weighted by Crippen LogP contribution is 2.16. The van der Waals surface area contributed by atoms with Gasteiger partial charge in [0.15, 0.2) is 0 Å². The summed E-state index contributed by atoms with van der Waals surface area (Å²) >= 11 is 1.52. The molecule has 2 rings (SSSR count). The molecule has 2 aromatic rings. The molecule has 6 heteroatoms. The molecule has 4 nitrogen and oxygen atoms in total. The topological polar surface area (TPSA) is 49.4 Å². The van der Waals surface area contributed by atoms with Gasteiger partial charge in [0, 0.05) is 18.3 Å². The van der Waals surface area contributed by atoms with E-state index in [9.17, 15) is 14.0 Å². The van der Waals surface area contributed by atoms with Crippen LogP contribution in [0.4, 0.5) is 4.39 Å². The molecule has 0 saturated heterocycles. The number of hydrogen-bond donors (Lipinski definition) is 1. The molecule has 0 unspecified atom stereocenters. The summed E-state index contributed by atoms with van der Waals surface area (Å²) in [7, 11) is 0. The van der Waals surface area contributed by atoms with E-state index >= 15 is 0 Å². The van der Waals surface area contributed by atoms with Crippen molar-refractivity contribution in [1.29, 1.82) is 0 Å². The largest absolute Gasteiger partial charge is 0.352 e. The molecule has 0 spiro atoms. The van der Waals surface area contributed by atoms with Crippen molar-refractivity contribution in [2.45, 2.75) is 45.2 Å². The monoisotopic (exact) mass is 402 g/mol. The maximum Gasteiger partial charge on any atom is 0.242 e. The van der Waals surface area contributed by atoms with E-state index in [0.717, 1.165) is 16.9 Å². The lowest BCUT2D eigenvalue weighted by Crippen LogP contribution is -2.49. The molecular weight excluding hydrogens is 375 g/mol. The highest BCUT2D eigenvalue weighted by atomic mass is 32.2. The van der Waals surface area contributed by atoms with Crippen molar-refractivity contribution in [2.75, 3.05) is 5.75 Å². The number of nitrogens with zero attached hydrogens (tertiary/aromatic N) is 1. The van der Waals surface area contributed by atoms with Gasteiger partial charge in [0.25, 0.3) is 0 Å². The van der Waals surface area contributed by atoms with E-state index in [0.29, 0.717) is 0 Å². The molecule has 0 aliphatic heterocycles. The lowest BCUT2D eigenvalue weighted by molar-refractivity contribution is -0.138. The molecular formula is C22H27FN2O2S. The summed E-state index contributed by atoms with van der Waals surface area (Å²) in [6.45, 7) is 5.75. The van der Waals surface area contributed by atoms with Crippen molar-refractivity contribution in [2.24, 2.45) is 0 Å². The molecule has 0 aliphatic rings. The first-order chi connectivity index (χ1) is 13.4. The van der Waals surface area contributed by atoms with Crippen LogP contribution in [0.25, 0.3) is 0 Å². The molecule has 1 N–H and O–H groups in total. The fraction of sp³-hybridized carbons (Fsp3) is 0.364. The van der Waals surface area contributed by atoms with Crippen LogP contribution in [0.3, 0.4) is 0 Å². The van der Waals surface area contributed by atoms with Crippen LogP contribution in [0.2, 0.25) is 0 Å². The maximum atomic E-state index is 13.2. The molecule has 2 aromatic carbocycles. The third kappa shape index (κ3) is 7.00. The number of amides is 2. The summed E-state index contributed by atoms with van der Waals surface area (Å²) in [6, 6.07) is 15.3. The average molecular weight is 403 g/mol. The Morgan fingerprint density at radius 1 is 1.00 bits per heavy atom. The van der Waals surface area contributed by atoms with Gasteiger partial charge in [0.1, 0.15) is 11.9 Å². The standard InChI is InChI=1S/C22H27FN2O2S/c1-16(2)24-22(27)17(3)25(13-18-9-11-20(23)12-10-18)21(26)15-28-14-19-7-5-4-6-8-19/h4-12,16-17H,13-15H2,1-3H3,(H,24,27)/t17-/m0/s1. The summed E-state index contributed by atoms with van der Waals surface area (Å²) in [4.78, 5) is 26.9. The zero-order valence-corrected chi connectivity index (χ0v) is 17.3. The summed E-state index contributed by atoms with van der Waals surface area (Å²) in [6.07, 6.45) is 0. The van der Waals surface area contributed by atoms with Crippen LogP contribution in [-0.4, -0.2) is 34.6 Å². The number of hydrogen-bond acceptors (Lipinski definition) is 3. The second kappa shape index (κ2) is 10.9. The van der Waals surface area contributed by atoms with Gasteiger partial charge in [-0.25, -0.2) is 4.39 Å². The Hall–Kier alpha value is -2.34. The Morgan fingerprint density at radius 2 is 1.64 bits per heavy atom. The minimum Gasteiger partial charge on any atom is -0.352 e. The molecule has 0 aliphatic carbocycles. The molecule has 2 amide bonds. The third-order valence-corrected chi connectivity index (χ3v) is 5.19. The van der Waals surface area contributed by atoms with Crippen molar-refractivity contribution >= 4 is 23.6 Å². The minimum atomic E-state index is -0.614. The van der Waals surface area contributed by atoms with E-state index in [4.69, 9.17) is 0 Å². The third-order valence-electron chi connectivity index (χ3n) is 4.20. The molecule has 0 aromatic heterocycles. The first-order valence-electron chi connectivity index (χ1n) is 9.32. The van der Waals surface area contributed by atoms with Gasteiger partial charge < -0.3 is 10.2 Å². The van der Waals surface area contributed by atoms with Crippen LogP contribution in [-0.2, 0) is 21.9 Å². The van der Waals surface area contributed by atoms with Crippen LogP contribution in [0.1, 0.15) is 31.9 Å². The predicted molar refractivity (Wildman–Crippen MR) is 112 cm³/mol. The van der Waals surface area contributed by atoms with Gasteiger partial charge in [0.05, 0.1) is 5.75 Å². The number of carbonyl (C=O) groups is 2. The minimum absolute atomic E-state index is 0.00909. The summed E-state index contributed by atoms with van der Waals surface area (Å²) in [5, 5.41) is 2.86. The van der Waals surface area contributed by atoms with E-state index in [2.05, 4.69) is 5.32 Å². The van der Waals surface area contributed by atoms with Crippen LogP contribution < -0.4 is 5.32 Å². The smallest absolute Gasteiger partial charge is 0.242 e. The van der Waals surface area contributed by atoms with E-state index in [-0.39, 0.29) is 36.0 Å². The predicted octanol–water partition coefficient (Wildman–Crippen LogP) is 4.00. The Bertz CT molecular complexity index is 766. The molecule has 1 atom stereocenters. The molecule has 0 fully saturated rings. The molecule has 0 heterocycles. The summed E-state index contributed by atoms with van der Waals surface area (Å²) in [5.74, 6) is 0.361. The molecule has 0 saturated carbocycles. The number of rotatable bonds is 9. The number of benzene rings is 2. The first kappa shape index (κ1) is 22.0. The fourth-order valence-electron chi connectivity index (χ4n) is 2.69. The Morgan fingerprint density at radius 3 is 2.25 bits per heavy atom. The lowest BCUT2D eigenvalue weighted by atomic mass is 10.1. The zero-order valence-electron chi connectivity index (χ0n) is 16.5. The Balaban J connectivity index is 2.05. The van der Waals surface area contributed by atoms with Gasteiger partial charge >= 0.3 is 0 Å². The van der Waals surface area contributed by atoms with Crippen molar-refractivity contribution < 1.29 is 14.0 Å². The molecule has 150 valence electrons. The second-order valence-electron chi connectivity index (χ2n) is 6.97. The van der Waals surface area contributed by atoms with Crippen LogP contribution in [0, 0.1) is 5.82 Å². The van der Waals surface area contributed by atoms with Crippen LogP contribution >= 0.6 is 11.8 Å². The maximum absolute atomic E-state index is 13.2. The Kier molecular flexibility index (Phi) is 8.51. The molecule has 0 bridgehead atoms. The first-order valence-corrected chi connectivity index (χ1v) is 10.5. The van der Waals surface area contributed by atoms with Crippen molar-refractivity contribution in [1.82, 2.24) is 10.2 Å². The van der Waals surface area contributed by atoms with Crippen molar-refractivity contribution in [3.63, 3.8) is 0 Å². The summed E-state index contributed by atoms with van der Waals surface area (Å²) < 4.78 is 13.2. The van der Waals surface area contributed by atoms with E-state index in [1.165, 1.54) is 23.9 Å². The van der Waals surface area contributed by atoms with Crippen molar-refractivity contribution in [3.05, 3.63) is 71.5 Å². The molecule has 0 radical (unpaired) electrons. The Labute approximate surface area is 170 Å². The fourth-order valence-corrected chi connectivity index (χ4v) is 3.56. The van der Waals surface area contributed by atoms with Gasteiger partial charge in [-0.05, 0) is 44.0 Å². The number of nitrogens with one attached hydrogen (secondary N) is 1. The van der Waals surface area contributed by atoms with Gasteiger partial charge in [-0.3, -0.25) is 9.59 Å². The van der Waals surface area contributed by atoms with E-state index in [1.807, 2.05) is 44.2 Å². The lowest BCUT2D eigenvalue weighted by Gasteiger charge is -2.29. The summed E-state index contributed by atoms with van der Waals surface area (Å²) in [5.41, 5.74) is 1.93. The second-order valence-corrected chi connectivity index (χ2v) is 7.95. The van der Waals surface area contributed by atoms with Gasteiger partial charge in [-0.15, -0.1) is 11.8 Å². The van der Waals surface area contributed by atoms with Crippen LogP contribution in [0.5, 0.6) is 0 Å². The zero-order chi connectivity index (χ0) is 20.5. The normalized spacial score (nSPS) is 11.9. The average Bonchev–Trinajstić information content (AvgIpc) is 2.67. The quantitative estimate of drug-likeness (QED) is 0.690. The molecule has 28 heavy (non-hydrogen) atoms. The van der Waals surface area contributed by atoms with Gasteiger partial charge in [0.2, 0.25) is 11.8 Å². The highest BCUT2D eigenvalue weighted by molar-refractivity contribution is 7.99. The number of carbonyl (C=O) groups excluding carboxylic acids is 2. The van der Waals surface area contributed by atoms with E-state index < -0.39 is 6.04 Å². The van der Waals surface area contributed by atoms with E-state index in [1.54, 1.807) is 24.0 Å². The van der Waals surface area contributed by atoms with Crippen molar-refractivity contribution in [3.8, 4) is 0 Å². The van der Waals surface area contributed by atoms with Gasteiger partial charge in [-0.1, -0.05) is 42.5 Å². The SMILES string of the molecule is CC(C)NC(=O)[C@H](C)N(Cc1ccc(F)cc1)C(=O)CSCc1ccccc1. The highest BCUT2D eigenvalue weighted by Gasteiger charge is 2.26. The number of thioether (sulfide) groups is 1. The number of halogens is 1. The van der Waals surface area contributed by atoms with Crippen LogP contribution in [0.15, 0.2) is 54.6 Å². The van der Waals surface area contributed by atoms with Gasteiger partial charge in [-0.2, -0.15) is 0 Å².